The molecule has 1 heterocycles. The highest BCUT2D eigenvalue weighted by atomic mass is 16.5. The standard InChI is InChI=1S/C26H25N3O4/c1-17(28(2)25(30)18-14-20(32-3)16-21(15-18)33-4)24-27-23-13-9-8-12-22(23)26(31)29(24)19-10-6-5-7-11-19/h5-17H,1-4H3. The van der Waals surface area contributed by atoms with Crippen molar-refractivity contribution in [1.82, 2.24) is 14.5 Å². The molecule has 1 aromatic heterocycles. The number of hydrogen-bond donors (Lipinski definition) is 0. The highest BCUT2D eigenvalue weighted by Gasteiger charge is 2.25. The highest BCUT2D eigenvalue weighted by Crippen LogP contribution is 2.27. The topological polar surface area (TPSA) is 73.7 Å². The summed E-state index contributed by atoms with van der Waals surface area (Å²) in [4.78, 5) is 33.2. The number of aromatic nitrogens is 2. The van der Waals surface area contributed by atoms with Crippen LogP contribution in [0.25, 0.3) is 16.6 Å². The SMILES string of the molecule is COc1cc(OC)cc(C(=O)N(C)C(C)c2nc3ccccc3c(=O)n2-c2ccccc2)c1. The molecule has 0 N–H and O–H groups in total. The van der Waals surface area contributed by atoms with Crippen LogP contribution in [0, 0.1) is 0 Å². The van der Waals surface area contributed by atoms with Crippen molar-refractivity contribution >= 4 is 16.8 Å². The Morgan fingerprint density at radius 2 is 1.55 bits per heavy atom. The van der Waals surface area contributed by atoms with Gasteiger partial charge in [-0.05, 0) is 43.3 Å². The maximum atomic E-state index is 13.5. The van der Waals surface area contributed by atoms with Gasteiger partial charge in [0.1, 0.15) is 17.3 Å². The molecule has 33 heavy (non-hydrogen) atoms. The number of methoxy groups -OCH3 is 2. The third-order valence-corrected chi connectivity index (χ3v) is 5.69. The fourth-order valence-electron chi connectivity index (χ4n) is 3.74. The summed E-state index contributed by atoms with van der Waals surface area (Å²) in [5.41, 5.74) is 1.50. The summed E-state index contributed by atoms with van der Waals surface area (Å²) in [5.74, 6) is 1.25. The van der Waals surface area contributed by atoms with Gasteiger partial charge in [-0.15, -0.1) is 0 Å². The minimum Gasteiger partial charge on any atom is -0.497 e. The highest BCUT2D eigenvalue weighted by molar-refractivity contribution is 5.95. The lowest BCUT2D eigenvalue weighted by Gasteiger charge is -2.27. The number of rotatable bonds is 6. The Morgan fingerprint density at radius 1 is 0.939 bits per heavy atom. The van der Waals surface area contributed by atoms with E-state index in [0.29, 0.717) is 39.5 Å². The number of fused-ring (bicyclic) bond motifs is 1. The van der Waals surface area contributed by atoms with Gasteiger partial charge in [-0.25, -0.2) is 4.98 Å². The molecule has 0 spiro atoms. The second-order valence-corrected chi connectivity index (χ2v) is 7.66. The number of nitrogens with zero attached hydrogens (tertiary/aromatic N) is 3. The first-order valence-corrected chi connectivity index (χ1v) is 10.5. The van der Waals surface area contributed by atoms with Crippen LogP contribution in [-0.2, 0) is 0 Å². The molecule has 0 aliphatic heterocycles. The first-order chi connectivity index (χ1) is 15.9. The third kappa shape index (κ3) is 4.17. The Labute approximate surface area is 191 Å². The van der Waals surface area contributed by atoms with Crippen molar-refractivity contribution < 1.29 is 14.3 Å². The van der Waals surface area contributed by atoms with E-state index < -0.39 is 6.04 Å². The molecule has 4 aromatic rings. The summed E-state index contributed by atoms with van der Waals surface area (Å²) in [6.07, 6.45) is 0. The van der Waals surface area contributed by atoms with Crippen LogP contribution in [0.4, 0.5) is 0 Å². The van der Waals surface area contributed by atoms with Gasteiger partial charge in [-0.2, -0.15) is 0 Å². The predicted octanol–water partition coefficient (Wildman–Crippen LogP) is 4.24. The van der Waals surface area contributed by atoms with E-state index in [2.05, 4.69) is 0 Å². The zero-order chi connectivity index (χ0) is 23.5. The van der Waals surface area contributed by atoms with Gasteiger partial charge in [-0.1, -0.05) is 30.3 Å². The van der Waals surface area contributed by atoms with Crippen molar-refractivity contribution in [1.29, 1.82) is 0 Å². The number of ether oxygens (including phenoxy) is 2. The maximum Gasteiger partial charge on any atom is 0.266 e. The molecule has 7 nitrogen and oxygen atoms in total. The number of carbonyl (C=O) groups excluding carboxylic acids is 1. The Bertz CT molecular complexity index is 1340. The molecule has 0 aliphatic carbocycles. The van der Waals surface area contributed by atoms with Crippen molar-refractivity contribution in [3.63, 3.8) is 0 Å². The lowest BCUT2D eigenvalue weighted by molar-refractivity contribution is 0.0734. The molecule has 0 radical (unpaired) electrons. The van der Waals surface area contributed by atoms with Gasteiger partial charge in [0.05, 0.1) is 36.9 Å². The number of benzene rings is 3. The summed E-state index contributed by atoms with van der Waals surface area (Å²) < 4.78 is 12.2. The quantitative estimate of drug-likeness (QED) is 0.446. The molecule has 1 amide bonds. The monoisotopic (exact) mass is 443 g/mol. The minimum atomic E-state index is -0.507. The molecule has 4 rings (SSSR count). The smallest absolute Gasteiger partial charge is 0.266 e. The van der Waals surface area contributed by atoms with Crippen molar-refractivity contribution in [2.75, 3.05) is 21.3 Å². The van der Waals surface area contributed by atoms with E-state index in [4.69, 9.17) is 14.5 Å². The van der Waals surface area contributed by atoms with Gasteiger partial charge in [0.2, 0.25) is 0 Å². The van der Waals surface area contributed by atoms with Crippen molar-refractivity contribution in [2.45, 2.75) is 13.0 Å². The van der Waals surface area contributed by atoms with Crippen LogP contribution in [0.3, 0.4) is 0 Å². The molecule has 1 unspecified atom stereocenters. The molecule has 0 bridgehead atoms. The van der Waals surface area contributed by atoms with Gasteiger partial charge in [0, 0.05) is 18.7 Å². The van der Waals surface area contributed by atoms with E-state index in [1.807, 2.05) is 49.4 Å². The van der Waals surface area contributed by atoms with E-state index >= 15 is 0 Å². The second-order valence-electron chi connectivity index (χ2n) is 7.66. The van der Waals surface area contributed by atoms with Gasteiger partial charge in [-0.3, -0.25) is 14.2 Å². The fourth-order valence-corrected chi connectivity index (χ4v) is 3.74. The van der Waals surface area contributed by atoms with Crippen LogP contribution in [0.15, 0.2) is 77.6 Å². The molecule has 0 aliphatic rings. The molecule has 3 aromatic carbocycles. The Balaban J connectivity index is 1.83. The summed E-state index contributed by atoms with van der Waals surface area (Å²) in [5, 5.41) is 0.517. The second kappa shape index (κ2) is 9.16. The maximum absolute atomic E-state index is 13.5. The van der Waals surface area contributed by atoms with Gasteiger partial charge in [0.25, 0.3) is 11.5 Å². The third-order valence-electron chi connectivity index (χ3n) is 5.69. The Hall–Kier alpha value is -4.13. The number of hydrogen-bond acceptors (Lipinski definition) is 5. The minimum absolute atomic E-state index is 0.183. The van der Waals surface area contributed by atoms with Crippen molar-refractivity contribution in [3.05, 3.63) is 94.5 Å². The van der Waals surface area contributed by atoms with Gasteiger partial charge < -0.3 is 14.4 Å². The largest absolute Gasteiger partial charge is 0.497 e. The number of para-hydroxylation sites is 2. The zero-order valence-corrected chi connectivity index (χ0v) is 19.0. The molecule has 168 valence electrons. The van der Waals surface area contributed by atoms with Crippen LogP contribution < -0.4 is 15.0 Å². The van der Waals surface area contributed by atoms with E-state index in [0.717, 1.165) is 0 Å². The van der Waals surface area contributed by atoms with Gasteiger partial charge >= 0.3 is 0 Å². The molecule has 0 saturated heterocycles. The summed E-state index contributed by atoms with van der Waals surface area (Å²) in [6, 6.07) is 21.1. The molecule has 7 heteroatoms. The summed E-state index contributed by atoms with van der Waals surface area (Å²) in [7, 11) is 4.76. The fraction of sp³-hybridized carbons (Fsp3) is 0.192. The average Bonchev–Trinajstić information content (AvgIpc) is 2.87. The Kier molecular flexibility index (Phi) is 6.13. The average molecular weight is 444 g/mol. The van der Waals surface area contributed by atoms with Gasteiger partial charge in [0.15, 0.2) is 0 Å². The van der Waals surface area contributed by atoms with Crippen molar-refractivity contribution in [2.24, 2.45) is 0 Å². The van der Waals surface area contributed by atoms with E-state index in [1.165, 1.54) is 14.2 Å². The first kappa shape index (κ1) is 22.1. The Morgan fingerprint density at radius 3 is 2.18 bits per heavy atom. The van der Waals surface area contributed by atoms with E-state index in [1.54, 1.807) is 46.8 Å². The molecule has 0 fully saturated rings. The molecule has 0 saturated carbocycles. The van der Waals surface area contributed by atoms with Crippen molar-refractivity contribution in [3.8, 4) is 17.2 Å². The van der Waals surface area contributed by atoms with E-state index in [9.17, 15) is 9.59 Å². The van der Waals surface area contributed by atoms with Crippen LogP contribution in [0.2, 0.25) is 0 Å². The lowest BCUT2D eigenvalue weighted by atomic mass is 10.1. The van der Waals surface area contributed by atoms with Crippen LogP contribution in [0.5, 0.6) is 11.5 Å². The number of carbonyl (C=O) groups is 1. The van der Waals surface area contributed by atoms with Crippen LogP contribution in [0.1, 0.15) is 29.1 Å². The summed E-state index contributed by atoms with van der Waals surface area (Å²) in [6.45, 7) is 1.85. The normalized spacial score (nSPS) is 11.8. The molecular weight excluding hydrogens is 418 g/mol. The molecular formula is C26H25N3O4. The number of amides is 1. The zero-order valence-electron chi connectivity index (χ0n) is 19.0. The predicted molar refractivity (Wildman–Crippen MR) is 127 cm³/mol. The lowest BCUT2D eigenvalue weighted by Crippen LogP contribution is -2.34. The van der Waals surface area contributed by atoms with Crippen LogP contribution >= 0.6 is 0 Å². The molecule has 1 atom stereocenters. The van der Waals surface area contributed by atoms with Crippen LogP contribution in [-0.4, -0.2) is 41.6 Å². The summed E-state index contributed by atoms with van der Waals surface area (Å²) >= 11 is 0. The first-order valence-electron chi connectivity index (χ1n) is 10.5. The van der Waals surface area contributed by atoms with E-state index in [-0.39, 0.29) is 11.5 Å².